The molecule has 30 heavy (non-hydrogen) atoms. The molecule has 0 spiro atoms. The van der Waals surface area contributed by atoms with E-state index in [0.717, 1.165) is 5.56 Å². The number of methoxy groups -OCH3 is 2. The molecule has 3 rings (SSSR count). The number of nitrogens with zero attached hydrogens (tertiary/aromatic N) is 1. The first-order valence-electron chi connectivity index (χ1n) is 9.55. The second-order valence-corrected chi connectivity index (χ2v) is 9.08. The number of hydrogen-bond donors (Lipinski definition) is 1. The molecule has 0 atom stereocenters. The van der Waals surface area contributed by atoms with E-state index in [2.05, 4.69) is 5.32 Å². The molecule has 1 aliphatic heterocycles. The maximum Gasteiger partial charge on any atom is 0.243 e. The Hall–Kier alpha value is -2.65. The number of aryl methyl sites for hydroxylation is 1. The maximum atomic E-state index is 13.4. The number of halogens is 1. The van der Waals surface area contributed by atoms with Crippen molar-refractivity contribution in [1.82, 2.24) is 4.31 Å². The van der Waals surface area contributed by atoms with Crippen molar-refractivity contribution >= 4 is 21.6 Å². The number of nitrogens with one attached hydrogen (secondary N) is 1. The van der Waals surface area contributed by atoms with Crippen LogP contribution in [0, 0.1) is 18.7 Å². The standard InChI is InChI=1S/C21H25FN2O5S/c1-14-4-5-16(22)12-18(14)23-21(25)15-8-10-24(11-9-15)30(26,27)17-6-7-19(28-2)20(13-17)29-3/h4-7,12-13,15H,8-11H2,1-3H3,(H,23,25). The molecule has 0 aromatic heterocycles. The van der Waals surface area contributed by atoms with Gasteiger partial charge in [-0.05, 0) is 49.6 Å². The molecule has 0 saturated carbocycles. The summed E-state index contributed by atoms with van der Waals surface area (Å²) in [6.07, 6.45) is 0.763. The van der Waals surface area contributed by atoms with Crippen LogP contribution in [0.4, 0.5) is 10.1 Å². The smallest absolute Gasteiger partial charge is 0.243 e. The van der Waals surface area contributed by atoms with Crippen LogP contribution in [0.1, 0.15) is 18.4 Å². The van der Waals surface area contributed by atoms with E-state index in [0.29, 0.717) is 30.0 Å². The summed E-state index contributed by atoms with van der Waals surface area (Å²) < 4.78 is 51.1. The van der Waals surface area contributed by atoms with Gasteiger partial charge < -0.3 is 14.8 Å². The lowest BCUT2D eigenvalue weighted by Gasteiger charge is -2.30. The van der Waals surface area contributed by atoms with Gasteiger partial charge in [0.15, 0.2) is 11.5 Å². The predicted molar refractivity (Wildman–Crippen MR) is 111 cm³/mol. The van der Waals surface area contributed by atoms with E-state index in [1.807, 2.05) is 0 Å². The van der Waals surface area contributed by atoms with Crippen molar-refractivity contribution in [3.8, 4) is 11.5 Å². The molecule has 1 fully saturated rings. The minimum Gasteiger partial charge on any atom is -0.493 e. The zero-order chi connectivity index (χ0) is 21.9. The number of benzene rings is 2. The fourth-order valence-corrected chi connectivity index (χ4v) is 4.93. The van der Waals surface area contributed by atoms with Crippen molar-refractivity contribution in [3.63, 3.8) is 0 Å². The molecule has 0 bridgehead atoms. The van der Waals surface area contributed by atoms with Gasteiger partial charge in [-0.1, -0.05) is 6.07 Å². The maximum absolute atomic E-state index is 13.4. The lowest BCUT2D eigenvalue weighted by molar-refractivity contribution is -0.120. The number of sulfonamides is 1. The molecule has 162 valence electrons. The van der Waals surface area contributed by atoms with Gasteiger partial charge in [0.05, 0.1) is 19.1 Å². The second kappa shape index (κ2) is 9.01. The van der Waals surface area contributed by atoms with Crippen LogP contribution in [0.15, 0.2) is 41.3 Å². The zero-order valence-electron chi connectivity index (χ0n) is 17.1. The quantitative estimate of drug-likeness (QED) is 0.752. The van der Waals surface area contributed by atoms with Crippen LogP contribution < -0.4 is 14.8 Å². The fraction of sp³-hybridized carbons (Fsp3) is 0.381. The fourth-order valence-electron chi connectivity index (χ4n) is 3.45. The average molecular weight is 437 g/mol. The highest BCUT2D eigenvalue weighted by Gasteiger charge is 2.32. The summed E-state index contributed by atoms with van der Waals surface area (Å²) in [5.74, 6) is -0.221. The molecule has 0 aliphatic carbocycles. The monoisotopic (exact) mass is 436 g/mol. The summed E-state index contributed by atoms with van der Waals surface area (Å²) >= 11 is 0. The third-order valence-electron chi connectivity index (χ3n) is 5.27. The predicted octanol–water partition coefficient (Wildman–Crippen LogP) is 3.19. The molecule has 1 heterocycles. The van der Waals surface area contributed by atoms with Crippen LogP contribution in [0.25, 0.3) is 0 Å². The minimum atomic E-state index is -3.72. The van der Waals surface area contributed by atoms with Gasteiger partial charge in [-0.3, -0.25) is 4.79 Å². The van der Waals surface area contributed by atoms with Crippen LogP contribution in [0.5, 0.6) is 11.5 Å². The summed E-state index contributed by atoms with van der Waals surface area (Å²) in [5, 5.41) is 2.76. The van der Waals surface area contributed by atoms with Gasteiger partial charge in [0.1, 0.15) is 5.82 Å². The molecule has 1 N–H and O–H groups in total. The Bertz CT molecular complexity index is 1030. The molecular weight excluding hydrogens is 411 g/mol. The summed E-state index contributed by atoms with van der Waals surface area (Å²) in [7, 11) is -0.801. The largest absolute Gasteiger partial charge is 0.493 e. The van der Waals surface area contributed by atoms with Crippen molar-refractivity contribution in [2.75, 3.05) is 32.6 Å². The molecule has 2 aromatic rings. The Morgan fingerprint density at radius 1 is 1.07 bits per heavy atom. The van der Waals surface area contributed by atoms with Crippen LogP contribution in [-0.2, 0) is 14.8 Å². The number of rotatable bonds is 6. The number of amides is 1. The van der Waals surface area contributed by atoms with Gasteiger partial charge in [-0.25, -0.2) is 12.8 Å². The number of anilines is 1. The third-order valence-corrected chi connectivity index (χ3v) is 7.17. The lowest BCUT2D eigenvalue weighted by atomic mass is 9.97. The summed E-state index contributed by atoms with van der Waals surface area (Å²) in [4.78, 5) is 12.7. The van der Waals surface area contributed by atoms with Gasteiger partial charge in [0, 0.05) is 30.8 Å². The SMILES string of the molecule is COc1ccc(S(=O)(=O)N2CCC(C(=O)Nc3cc(F)ccc3C)CC2)cc1OC. The van der Waals surface area contributed by atoms with E-state index in [9.17, 15) is 17.6 Å². The molecule has 1 saturated heterocycles. The normalized spacial score (nSPS) is 15.6. The lowest BCUT2D eigenvalue weighted by Crippen LogP contribution is -2.41. The van der Waals surface area contributed by atoms with Crippen molar-refractivity contribution < 1.29 is 27.1 Å². The van der Waals surface area contributed by atoms with Crippen molar-refractivity contribution in [2.45, 2.75) is 24.7 Å². The van der Waals surface area contributed by atoms with Crippen LogP contribution in [0.3, 0.4) is 0 Å². The minimum absolute atomic E-state index is 0.110. The molecule has 0 unspecified atom stereocenters. The van der Waals surface area contributed by atoms with Crippen molar-refractivity contribution in [1.29, 1.82) is 0 Å². The summed E-state index contributed by atoms with van der Waals surface area (Å²) in [6, 6.07) is 8.67. The Morgan fingerprint density at radius 3 is 2.37 bits per heavy atom. The zero-order valence-corrected chi connectivity index (χ0v) is 18.0. The third kappa shape index (κ3) is 4.57. The van der Waals surface area contributed by atoms with Crippen LogP contribution in [-0.4, -0.2) is 45.9 Å². The number of carbonyl (C=O) groups excluding carboxylic acids is 1. The van der Waals surface area contributed by atoms with Crippen molar-refractivity contribution in [2.24, 2.45) is 5.92 Å². The van der Waals surface area contributed by atoms with Gasteiger partial charge >= 0.3 is 0 Å². The summed E-state index contributed by atoms with van der Waals surface area (Å²) in [6.45, 7) is 2.22. The van der Waals surface area contributed by atoms with E-state index in [4.69, 9.17) is 9.47 Å². The van der Waals surface area contributed by atoms with E-state index in [1.165, 1.54) is 42.8 Å². The highest BCUT2D eigenvalue weighted by molar-refractivity contribution is 7.89. The Labute approximate surface area is 175 Å². The Kier molecular flexibility index (Phi) is 6.62. The number of ether oxygens (including phenoxy) is 2. The number of carbonyl (C=O) groups is 1. The molecule has 0 radical (unpaired) electrons. The average Bonchev–Trinajstić information content (AvgIpc) is 2.75. The van der Waals surface area contributed by atoms with Crippen molar-refractivity contribution in [3.05, 3.63) is 47.8 Å². The molecule has 1 amide bonds. The van der Waals surface area contributed by atoms with E-state index >= 15 is 0 Å². The van der Waals surface area contributed by atoms with Gasteiger partial charge in [-0.2, -0.15) is 4.31 Å². The van der Waals surface area contributed by atoms with Gasteiger partial charge in [-0.15, -0.1) is 0 Å². The molecule has 7 nitrogen and oxygen atoms in total. The van der Waals surface area contributed by atoms with E-state index < -0.39 is 15.8 Å². The topological polar surface area (TPSA) is 84.9 Å². The molecule has 9 heteroatoms. The molecule has 1 aliphatic rings. The first-order chi connectivity index (χ1) is 14.3. The molecule has 2 aromatic carbocycles. The Morgan fingerprint density at radius 2 is 1.73 bits per heavy atom. The second-order valence-electron chi connectivity index (χ2n) is 7.14. The highest BCUT2D eigenvalue weighted by Crippen LogP contribution is 2.32. The van der Waals surface area contributed by atoms with Crippen LogP contribution >= 0.6 is 0 Å². The van der Waals surface area contributed by atoms with Gasteiger partial charge in [0.2, 0.25) is 15.9 Å². The molecular formula is C21H25FN2O5S. The highest BCUT2D eigenvalue weighted by atomic mass is 32.2. The Balaban J connectivity index is 1.67. The number of hydrogen-bond acceptors (Lipinski definition) is 5. The summed E-state index contributed by atoms with van der Waals surface area (Å²) in [5.41, 5.74) is 1.19. The van der Waals surface area contributed by atoms with Gasteiger partial charge in [0.25, 0.3) is 0 Å². The number of piperidine rings is 1. The van der Waals surface area contributed by atoms with Crippen LogP contribution in [0.2, 0.25) is 0 Å². The first-order valence-corrected chi connectivity index (χ1v) is 11.0. The first kappa shape index (κ1) is 22.0. The van der Waals surface area contributed by atoms with E-state index in [1.54, 1.807) is 19.1 Å². The van der Waals surface area contributed by atoms with E-state index in [-0.39, 0.29) is 29.8 Å².